The SMILES string of the molecule is CN(c1ccc([N+](=O)[O-])cc1C#N)C1CCCCC1CN. The van der Waals surface area contributed by atoms with Crippen LogP contribution in [0.1, 0.15) is 31.2 Å². The van der Waals surface area contributed by atoms with Gasteiger partial charge in [-0.05, 0) is 31.4 Å². The summed E-state index contributed by atoms with van der Waals surface area (Å²) in [6, 6.07) is 6.81. The summed E-state index contributed by atoms with van der Waals surface area (Å²) in [6.45, 7) is 0.629. The van der Waals surface area contributed by atoms with Gasteiger partial charge in [-0.2, -0.15) is 5.26 Å². The Morgan fingerprint density at radius 2 is 2.19 bits per heavy atom. The topological polar surface area (TPSA) is 96.2 Å². The first-order valence-electron chi connectivity index (χ1n) is 7.20. The first kappa shape index (κ1) is 15.3. The average Bonchev–Trinajstić information content (AvgIpc) is 2.53. The summed E-state index contributed by atoms with van der Waals surface area (Å²) in [5, 5.41) is 20.1. The van der Waals surface area contributed by atoms with Crippen molar-refractivity contribution in [2.75, 3.05) is 18.5 Å². The van der Waals surface area contributed by atoms with Crippen LogP contribution in [0.25, 0.3) is 0 Å². The van der Waals surface area contributed by atoms with Crippen molar-refractivity contribution >= 4 is 11.4 Å². The van der Waals surface area contributed by atoms with Gasteiger partial charge in [-0.1, -0.05) is 12.8 Å². The number of nitro groups is 1. The van der Waals surface area contributed by atoms with Crippen molar-refractivity contribution in [3.63, 3.8) is 0 Å². The fraction of sp³-hybridized carbons (Fsp3) is 0.533. The van der Waals surface area contributed by atoms with Gasteiger partial charge in [0.2, 0.25) is 0 Å². The molecule has 2 rings (SSSR count). The maximum atomic E-state index is 10.8. The van der Waals surface area contributed by atoms with E-state index >= 15 is 0 Å². The van der Waals surface area contributed by atoms with E-state index in [1.54, 1.807) is 6.07 Å². The molecule has 0 spiro atoms. The van der Waals surface area contributed by atoms with E-state index in [1.165, 1.54) is 18.6 Å². The van der Waals surface area contributed by atoms with Gasteiger partial charge >= 0.3 is 0 Å². The Morgan fingerprint density at radius 3 is 2.81 bits per heavy atom. The minimum Gasteiger partial charge on any atom is -0.370 e. The lowest BCUT2D eigenvalue weighted by Crippen LogP contribution is -2.43. The molecule has 6 nitrogen and oxygen atoms in total. The van der Waals surface area contributed by atoms with Gasteiger partial charge in [-0.3, -0.25) is 10.1 Å². The van der Waals surface area contributed by atoms with Crippen molar-refractivity contribution in [2.24, 2.45) is 11.7 Å². The average molecular weight is 288 g/mol. The van der Waals surface area contributed by atoms with E-state index in [9.17, 15) is 15.4 Å². The molecule has 21 heavy (non-hydrogen) atoms. The number of hydrogen-bond acceptors (Lipinski definition) is 5. The largest absolute Gasteiger partial charge is 0.370 e. The maximum Gasteiger partial charge on any atom is 0.270 e. The summed E-state index contributed by atoms with van der Waals surface area (Å²) in [5.41, 5.74) is 6.89. The van der Waals surface area contributed by atoms with Crippen LogP contribution in [-0.2, 0) is 0 Å². The first-order valence-corrected chi connectivity index (χ1v) is 7.20. The van der Waals surface area contributed by atoms with Gasteiger partial charge in [0, 0.05) is 25.2 Å². The number of nitrogens with zero attached hydrogens (tertiary/aromatic N) is 3. The predicted octanol–water partition coefficient (Wildman–Crippen LogP) is 2.42. The highest BCUT2D eigenvalue weighted by Crippen LogP contribution is 2.32. The highest BCUT2D eigenvalue weighted by molar-refractivity contribution is 5.63. The van der Waals surface area contributed by atoms with Crippen LogP contribution in [0.3, 0.4) is 0 Å². The zero-order valence-corrected chi connectivity index (χ0v) is 12.2. The fourth-order valence-electron chi connectivity index (χ4n) is 3.19. The van der Waals surface area contributed by atoms with Gasteiger partial charge < -0.3 is 10.6 Å². The first-order chi connectivity index (χ1) is 10.1. The number of rotatable bonds is 4. The Bertz CT molecular complexity index is 567. The molecule has 0 amide bonds. The second-order valence-corrected chi connectivity index (χ2v) is 5.53. The van der Waals surface area contributed by atoms with E-state index in [4.69, 9.17) is 5.73 Å². The lowest BCUT2D eigenvalue weighted by molar-refractivity contribution is -0.384. The van der Waals surface area contributed by atoms with Gasteiger partial charge in [0.15, 0.2) is 0 Å². The van der Waals surface area contributed by atoms with Gasteiger partial charge in [-0.15, -0.1) is 0 Å². The van der Waals surface area contributed by atoms with Crippen LogP contribution >= 0.6 is 0 Å². The van der Waals surface area contributed by atoms with Crippen LogP contribution in [0.2, 0.25) is 0 Å². The van der Waals surface area contributed by atoms with E-state index < -0.39 is 4.92 Å². The minimum absolute atomic E-state index is 0.0530. The number of hydrogen-bond donors (Lipinski definition) is 1. The Morgan fingerprint density at radius 1 is 1.48 bits per heavy atom. The van der Waals surface area contributed by atoms with Gasteiger partial charge in [0.05, 0.1) is 16.2 Å². The number of nitriles is 1. The Balaban J connectivity index is 2.32. The van der Waals surface area contributed by atoms with Crippen LogP contribution in [0, 0.1) is 27.4 Å². The molecule has 0 aliphatic heterocycles. The van der Waals surface area contributed by atoms with E-state index in [2.05, 4.69) is 11.0 Å². The number of nitro benzene ring substituents is 1. The van der Waals surface area contributed by atoms with Crippen LogP contribution in [0.5, 0.6) is 0 Å². The van der Waals surface area contributed by atoms with E-state index in [0.29, 0.717) is 18.0 Å². The summed E-state index contributed by atoms with van der Waals surface area (Å²) >= 11 is 0. The number of nitrogens with two attached hydrogens (primary N) is 1. The maximum absolute atomic E-state index is 10.8. The molecule has 0 aromatic heterocycles. The highest BCUT2D eigenvalue weighted by atomic mass is 16.6. The zero-order chi connectivity index (χ0) is 15.4. The van der Waals surface area contributed by atoms with Crippen LogP contribution < -0.4 is 10.6 Å². The van der Waals surface area contributed by atoms with E-state index in [1.807, 2.05) is 7.05 Å². The Kier molecular flexibility index (Phi) is 4.76. The van der Waals surface area contributed by atoms with Crippen molar-refractivity contribution in [1.82, 2.24) is 0 Å². The van der Waals surface area contributed by atoms with Crippen LogP contribution in [0.4, 0.5) is 11.4 Å². The second kappa shape index (κ2) is 6.55. The monoisotopic (exact) mass is 288 g/mol. The molecule has 112 valence electrons. The summed E-state index contributed by atoms with van der Waals surface area (Å²) in [7, 11) is 1.95. The van der Waals surface area contributed by atoms with Crippen molar-refractivity contribution in [3.8, 4) is 6.07 Å². The van der Waals surface area contributed by atoms with Gasteiger partial charge in [0.1, 0.15) is 6.07 Å². The van der Waals surface area contributed by atoms with Gasteiger partial charge in [-0.25, -0.2) is 0 Å². The molecule has 1 aliphatic rings. The molecule has 2 atom stereocenters. The number of non-ortho nitro benzene ring substituents is 1. The van der Waals surface area contributed by atoms with Crippen LogP contribution in [0.15, 0.2) is 18.2 Å². The van der Waals surface area contributed by atoms with Gasteiger partial charge in [0.25, 0.3) is 5.69 Å². The molecule has 0 saturated heterocycles. The highest BCUT2D eigenvalue weighted by Gasteiger charge is 2.28. The fourth-order valence-corrected chi connectivity index (χ4v) is 3.19. The van der Waals surface area contributed by atoms with Crippen molar-refractivity contribution < 1.29 is 4.92 Å². The van der Waals surface area contributed by atoms with Crippen molar-refractivity contribution in [1.29, 1.82) is 5.26 Å². The van der Waals surface area contributed by atoms with Crippen molar-refractivity contribution in [2.45, 2.75) is 31.7 Å². The molecule has 2 unspecified atom stereocenters. The predicted molar refractivity (Wildman–Crippen MR) is 81.0 cm³/mol. The standard InChI is InChI=1S/C15H20N4O2/c1-18(14-5-3-2-4-11(14)9-16)15-7-6-13(19(20)21)8-12(15)10-17/h6-8,11,14H,2-5,9,16H2,1H3. The molecule has 1 aliphatic carbocycles. The third-order valence-corrected chi connectivity index (χ3v) is 4.36. The smallest absolute Gasteiger partial charge is 0.270 e. The normalized spacial score (nSPS) is 21.6. The zero-order valence-electron chi connectivity index (χ0n) is 12.2. The summed E-state index contributed by atoms with van der Waals surface area (Å²) in [4.78, 5) is 12.4. The Labute approximate surface area is 124 Å². The van der Waals surface area contributed by atoms with Crippen molar-refractivity contribution in [3.05, 3.63) is 33.9 Å². The summed E-state index contributed by atoms with van der Waals surface area (Å²) in [5.74, 6) is 0.408. The molecule has 1 aromatic rings. The Hall–Kier alpha value is -2.13. The minimum atomic E-state index is -0.478. The molecule has 1 fully saturated rings. The molecule has 6 heteroatoms. The molecule has 1 saturated carbocycles. The lowest BCUT2D eigenvalue weighted by Gasteiger charge is -2.39. The molecule has 2 N–H and O–H groups in total. The molecule has 1 aromatic carbocycles. The molecule has 0 heterocycles. The number of anilines is 1. The van der Waals surface area contributed by atoms with E-state index in [-0.39, 0.29) is 11.7 Å². The van der Waals surface area contributed by atoms with Crippen LogP contribution in [-0.4, -0.2) is 24.6 Å². The summed E-state index contributed by atoms with van der Waals surface area (Å²) in [6.07, 6.45) is 4.48. The quantitative estimate of drug-likeness (QED) is 0.678. The van der Waals surface area contributed by atoms with E-state index in [0.717, 1.165) is 24.9 Å². The number of benzene rings is 1. The lowest BCUT2D eigenvalue weighted by atomic mass is 9.83. The molecular weight excluding hydrogens is 268 g/mol. The molecular formula is C15H20N4O2. The molecule has 0 radical (unpaired) electrons. The third kappa shape index (κ3) is 3.14. The second-order valence-electron chi connectivity index (χ2n) is 5.53. The molecule has 0 bridgehead atoms. The third-order valence-electron chi connectivity index (χ3n) is 4.36. The summed E-state index contributed by atoms with van der Waals surface area (Å²) < 4.78 is 0.